The van der Waals surface area contributed by atoms with Crippen LogP contribution < -0.4 is 0 Å². The van der Waals surface area contributed by atoms with Crippen molar-refractivity contribution in [1.29, 1.82) is 0 Å². The molecule has 1 atom stereocenters. The maximum absolute atomic E-state index is 13.0. The maximum Gasteiger partial charge on any atom is 0.327 e. The summed E-state index contributed by atoms with van der Waals surface area (Å²) in [6, 6.07) is 18.1. The number of aromatic nitrogens is 1. The van der Waals surface area contributed by atoms with Crippen LogP contribution in [0.3, 0.4) is 0 Å². The Labute approximate surface area is 180 Å². The first kappa shape index (κ1) is 20.3. The number of carbonyl (C=O) groups excluding carboxylic acids is 2. The molecule has 0 unspecified atom stereocenters. The first-order valence-electron chi connectivity index (χ1n) is 9.80. The van der Waals surface area contributed by atoms with Gasteiger partial charge in [-0.25, -0.2) is 9.78 Å². The molecule has 7 heteroatoms. The highest BCUT2D eigenvalue weighted by Crippen LogP contribution is 2.29. The number of methoxy groups -OCH3 is 1. The highest BCUT2D eigenvalue weighted by molar-refractivity contribution is 6.31. The number of para-hydroxylation sites is 1. The SMILES string of the molecule is COC(=O)[C@@H](c1ccccc1Cl)N1CCN(C(=O)c2ccc3ccccc3n2)CC1. The highest BCUT2D eigenvalue weighted by atomic mass is 35.5. The molecule has 1 aliphatic rings. The number of benzene rings is 2. The highest BCUT2D eigenvalue weighted by Gasteiger charge is 2.33. The van der Waals surface area contributed by atoms with E-state index in [0.29, 0.717) is 42.5 Å². The number of rotatable bonds is 4. The minimum atomic E-state index is -0.597. The molecule has 0 aliphatic carbocycles. The molecule has 1 fully saturated rings. The summed E-state index contributed by atoms with van der Waals surface area (Å²) in [7, 11) is 1.37. The second-order valence-corrected chi connectivity index (χ2v) is 7.57. The molecule has 30 heavy (non-hydrogen) atoms. The van der Waals surface area contributed by atoms with Gasteiger partial charge in [-0.05, 0) is 23.8 Å². The topological polar surface area (TPSA) is 62.7 Å². The maximum atomic E-state index is 13.0. The van der Waals surface area contributed by atoms with E-state index in [1.54, 1.807) is 17.0 Å². The number of fused-ring (bicyclic) bond motifs is 1. The fourth-order valence-electron chi connectivity index (χ4n) is 3.81. The second-order valence-electron chi connectivity index (χ2n) is 7.16. The van der Waals surface area contributed by atoms with Crippen molar-refractivity contribution in [1.82, 2.24) is 14.8 Å². The Kier molecular flexibility index (Phi) is 5.97. The van der Waals surface area contributed by atoms with E-state index >= 15 is 0 Å². The quantitative estimate of drug-likeness (QED) is 0.600. The molecule has 6 nitrogen and oxygen atoms in total. The number of nitrogens with zero attached hydrogens (tertiary/aromatic N) is 3. The van der Waals surface area contributed by atoms with Crippen LogP contribution in [-0.4, -0.2) is 59.9 Å². The van der Waals surface area contributed by atoms with E-state index in [1.165, 1.54) is 7.11 Å². The third-order valence-corrected chi connectivity index (χ3v) is 5.75. The molecule has 0 spiro atoms. The number of amides is 1. The Hall–Kier alpha value is -2.96. The van der Waals surface area contributed by atoms with Crippen molar-refractivity contribution >= 4 is 34.4 Å². The van der Waals surface area contributed by atoms with Crippen LogP contribution in [-0.2, 0) is 9.53 Å². The predicted octanol–water partition coefficient (Wildman–Crippen LogP) is 3.56. The van der Waals surface area contributed by atoms with Gasteiger partial charge in [0.05, 0.1) is 12.6 Å². The summed E-state index contributed by atoms with van der Waals surface area (Å²) in [6.45, 7) is 2.05. The van der Waals surface area contributed by atoms with Crippen molar-refractivity contribution in [2.45, 2.75) is 6.04 Å². The molecular weight excluding hydrogens is 402 g/mol. The lowest BCUT2D eigenvalue weighted by molar-refractivity contribution is -0.148. The number of hydrogen-bond acceptors (Lipinski definition) is 5. The standard InChI is InChI=1S/C23H22ClN3O3/c1-30-23(29)21(17-7-3-4-8-18(17)24)26-12-14-27(15-13-26)22(28)20-11-10-16-6-2-5-9-19(16)25-20/h2-11,21H,12-15H2,1H3/t21-/m1/s1. The van der Waals surface area contributed by atoms with Gasteiger partial charge in [-0.15, -0.1) is 0 Å². The fraction of sp³-hybridized carbons (Fsp3) is 0.261. The van der Waals surface area contributed by atoms with Crippen LogP contribution in [0.2, 0.25) is 5.02 Å². The zero-order valence-electron chi connectivity index (χ0n) is 16.6. The molecule has 4 rings (SSSR count). The van der Waals surface area contributed by atoms with Gasteiger partial charge < -0.3 is 9.64 Å². The van der Waals surface area contributed by atoms with Crippen LogP contribution in [0.25, 0.3) is 10.9 Å². The lowest BCUT2D eigenvalue weighted by atomic mass is 10.0. The Balaban J connectivity index is 1.49. The van der Waals surface area contributed by atoms with E-state index in [4.69, 9.17) is 16.3 Å². The Bertz CT molecular complexity index is 1080. The van der Waals surface area contributed by atoms with Gasteiger partial charge in [-0.2, -0.15) is 0 Å². The third-order valence-electron chi connectivity index (χ3n) is 5.41. The number of piperazine rings is 1. The largest absolute Gasteiger partial charge is 0.468 e. The lowest BCUT2D eigenvalue weighted by Gasteiger charge is -2.38. The first-order valence-corrected chi connectivity index (χ1v) is 10.2. The van der Waals surface area contributed by atoms with Gasteiger partial charge in [0.2, 0.25) is 0 Å². The van der Waals surface area contributed by atoms with Crippen LogP contribution >= 0.6 is 11.6 Å². The van der Waals surface area contributed by atoms with Crippen LogP contribution in [0, 0.1) is 0 Å². The Morgan fingerprint density at radius 2 is 1.67 bits per heavy atom. The van der Waals surface area contributed by atoms with Gasteiger partial charge in [0.1, 0.15) is 11.7 Å². The summed E-state index contributed by atoms with van der Waals surface area (Å²) in [5, 5.41) is 1.52. The Morgan fingerprint density at radius 1 is 0.967 bits per heavy atom. The molecule has 0 radical (unpaired) electrons. The molecule has 0 bridgehead atoms. The average molecular weight is 424 g/mol. The van der Waals surface area contributed by atoms with E-state index in [9.17, 15) is 9.59 Å². The molecular formula is C23H22ClN3O3. The number of carbonyl (C=O) groups is 2. The van der Waals surface area contributed by atoms with Crippen LogP contribution in [0.15, 0.2) is 60.7 Å². The summed E-state index contributed by atoms with van der Waals surface area (Å²) in [5.74, 6) is -0.466. The van der Waals surface area contributed by atoms with Gasteiger partial charge in [0.25, 0.3) is 5.91 Å². The molecule has 154 valence electrons. The van der Waals surface area contributed by atoms with Gasteiger partial charge in [-0.3, -0.25) is 9.69 Å². The van der Waals surface area contributed by atoms with Gasteiger partial charge in [0.15, 0.2) is 0 Å². The summed E-state index contributed by atoms with van der Waals surface area (Å²) in [5.41, 5.74) is 1.94. The predicted molar refractivity (Wildman–Crippen MR) is 115 cm³/mol. The van der Waals surface area contributed by atoms with Crippen LogP contribution in [0.1, 0.15) is 22.1 Å². The number of ether oxygens (including phenoxy) is 1. The van der Waals surface area contributed by atoms with Crippen molar-refractivity contribution in [2.75, 3.05) is 33.3 Å². The third kappa shape index (κ3) is 4.01. The minimum Gasteiger partial charge on any atom is -0.468 e. The number of hydrogen-bond donors (Lipinski definition) is 0. The summed E-state index contributed by atoms with van der Waals surface area (Å²) >= 11 is 6.34. The monoisotopic (exact) mass is 423 g/mol. The molecule has 1 saturated heterocycles. The van der Waals surface area contributed by atoms with E-state index in [0.717, 1.165) is 10.9 Å². The molecule has 1 aromatic heterocycles. The van der Waals surface area contributed by atoms with E-state index in [-0.39, 0.29) is 11.9 Å². The number of esters is 1. The van der Waals surface area contributed by atoms with Gasteiger partial charge in [0, 0.05) is 36.6 Å². The van der Waals surface area contributed by atoms with Gasteiger partial charge in [-0.1, -0.05) is 54.1 Å². The average Bonchev–Trinajstić information content (AvgIpc) is 2.80. The Morgan fingerprint density at radius 3 is 2.40 bits per heavy atom. The summed E-state index contributed by atoms with van der Waals surface area (Å²) in [4.78, 5) is 33.8. The zero-order valence-corrected chi connectivity index (χ0v) is 17.4. The molecule has 0 N–H and O–H groups in total. The molecule has 3 aromatic rings. The van der Waals surface area contributed by atoms with Crippen molar-refractivity contribution in [3.8, 4) is 0 Å². The molecule has 2 heterocycles. The van der Waals surface area contributed by atoms with Crippen LogP contribution in [0.4, 0.5) is 0 Å². The fourth-order valence-corrected chi connectivity index (χ4v) is 4.05. The molecule has 2 aromatic carbocycles. The number of halogens is 1. The van der Waals surface area contributed by atoms with Crippen molar-refractivity contribution in [2.24, 2.45) is 0 Å². The number of pyridine rings is 1. The van der Waals surface area contributed by atoms with E-state index in [2.05, 4.69) is 4.98 Å². The van der Waals surface area contributed by atoms with Crippen molar-refractivity contribution in [3.05, 3.63) is 76.9 Å². The lowest BCUT2D eigenvalue weighted by Crippen LogP contribution is -2.51. The second kappa shape index (κ2) is 8.81. The normalized spacial score (nSPS) is 15.7. The smallest absolute Gasteiger partial charge is 0.327 e. The first-order chi connectivity index (χ1) is 14.6. The minimum absolute atomic E-state index is 0.104. The molecule has 1 amide bonds. The molecule has 0 saturated carbocycles. The summed E-state index contributed by atoms with van der Waals surface area (Å²) in [6.07, 6.45) is 0. The van der Waals surface area contributed by atoms with Gasteiger partial charge >= 0.3 is 5.97 Å². The summed E-state index contributed by atoms with van der Waals surface area (Å²) < 4.78 is 5.03. The van der Waals surface area contributed by atoms with Crippen molar-refractivity contribution in [3.63, 3.8) is 0 Å². The van der Waals surface area contributed by atoms with E-state index < -0.39 is 6.04 Å². The zero-order chi connectivity index (χ0) is 21.1. The van der Waals surface area contributed by atoms with Crippen LogP contribution in [0.5, 0.6) is 0 Å². The molecule has 1 aliphatic heterocycles. The van der Waals surface area contributed by atoms with Crippen molar-refractivity contribution < 1.29 is 14.3 Å². The van der Waals surface area contributed by atoms with E-state index in [1.807, 2.05) is 53.4 Å².